The molecule has 39 heavy (non-hydrogen) atoms. The number of rotatable bonds is 18. The predicted molar refractivity (Wildman–Crippen MR) is 156 cm³/mol. The molecule has 8 nitrogen and oxygen atoms in total. The highest BCUT2D eigenvalue weighted by Crippen LogP contribution is 2.54. The molecule has 0 saturated carbocycles. The third kappa shape index (κ3) is 9.18. The van der Waals surface area contributed by atoms with E-state index in [-0.39, 0.29) is 38.8 Å². The lowest BCUT2D eigenvalue weighted by Crippen LogP contribution is -2.20. The summed E-state index contributed by atoms with van der Waals surface area (Å²) in [7, 11) is -6.70. The first-order chi connectivity index (χ1) is 18.5. The van der Waals surface area contributed by atoms with Crippen LogP contribution < -0.4 is 9.47 Å². The molecule has 220 valence electrons. The summed E-state index contributed by atoms with van der Waals surface area (Å²) in [4.78, 5) is 0. The minimum Gasteiger partial charge on any atom is -0.494 e. The number of ether oxygens (including phenoxy) is 2. The molecule has 0 aromatic heterocycles. The van der Waals surface area contributed by atoms with Gasteiger partial charge in [-0.15, -0.1) is 0 Å². The lowest BCUT2D eigenvalue weighted by atomic mass is 9.77. The lowest BCUT2D eigenvalue weighted by Gasteiger charge is -2.29. The van der Waals surface area contributed by atoms with Crippen LogP contribution in [0.2, 0.25) is 0 Å². The van der Waals surface area contributed by atoms with Crippen molar-refractivity contribution in [1.29, 1.82) is 0 Å². The van der Waals surface area contributed by atoms with Crippen molar-refractivity contribution < 1.29 is 36.7 Å². The molecule has 0 fully saturated rings. The zero-order chi connectivity index (χ0) is 29.1. The summed E-state index contributed by atoms with van der Waals surface area (Å²) in [5.74, 6) is 1.30. The summed E-state index contributed by atoms with van der Waals surface area (Å²) in [6.45, 7) is 17.4. The van der Waals surface area contributed by atoms with E-state index in [4.69, 9.17) is 27.6 Å². The SMILES string of the molecule is CCOc1ccc(C(C)(C)c2ccc(OCC)c(CP(=O)(OCC)OCC)c2)cc1CP(=O)(OCC)OCC. The van der Waals surface area contributed by atoms with Gasteiger partial charge in [0.2, 0.25) is 0 Å². The molecular weight excluding hydrogens is 538 g/mol. The van der Waals surface area contributed by atoms with Crippen molar-refractivity contribution >= 4 is 15.2 Å². The van der Waals surface area contributed by atoms with Gasteiger partial charge in [0, 0.05) is 16.5 Å². The van der Waals surface area contributed by atoms with Crippen LogP contribution >= 0.6 is 15.2 Å². The molecule has 0 aliphatic carbocycles. The smallest absolute Gasteiger partial charge is 0.335 e. The Kier molecular flexibility index (Phi) is 13.2. The van der Waals surface area contributed by atoms with E-state index in [0.29, 0.717) is 24.7 Å². The molecule has 10 heteroatoms. The summed E-state index contributed by atoms with van der Waals surface area (Å²) in [6, 6.07) is 11.9. The molecule has 0 aliphatic rings. The second-order valence-corrected chi connectivity index (χ2v) is 13.5. The Bertz CT molecular complexity index is 1040. The minimum absolute atomic E-state index is 0.106. The molecule has 0 aliphatic heterocycles. The molecule has 0 atom stereocenters. The minimum atomic E-state index is -3.35. The van der Waals surface area contributed by atoms with Gasteiger partial charge < -0.3 is 27.6 Å². The zero-order valence-electron chi connectivity index (χ0n) is 24.8. The van der Waals surface area contributed by atoms with Gasteiger partial charge in [-0.1, -0.05) is 38.1 Å². The fourth-order valence-corrected chi connectivity index (χ4v) is 7.82. The first-order valence-electron chi connectivity index (χ1n) is 13.8. The molecule has 2 aromatic carbocycles. The third-order valence-electron chi connectivity index (χ3n) is 6.20. The first kappa shape index (κ1) is 33.5. The van der Waals surface area contributed by atoms with Crippen molar-refractivity contribution in [1.82, 2.24) is 0 Å². The van der Waals surface area contributed by atoms with Gasteiger partial charge in [0.25, 0.3) is 0 Å². The third-order valence-corrected chi connectivity index (χ3v) is 10.3. The predicted octanol–water partition coefficient (Wildman–Crippen LogP) is 8.34. The standard InChI is InChI=1S/C29H46O8P2/c1-9-32-27-17-15-25(19-23(27)21-38(30,34-11-3)35-12-4)29(7,8)26-16-18-28(33-10-2)24(20-26)22-39(31,36-13-5)37-14-6/h15-20H,9-14,21-22H2,1-8H3. The largest absolute Gasteiger partial charge is 0.494 e. The van der Waals surface area contributed by atoms with E-state index in [1.807, 2.05) is 50.2 Å². The van der Waals surface area contributed by atoms with Crippen molar-refractivity contribution in [2.24, 2.45) is 0 Å². The highest BCUT2D eigenvalue weighted by Gasteiger charge is 2.31. The van der Waals surface area contributed by atoms with Crippen LogP contribution in [-0.2, 0) is 45.0 Å². The second kappa shape index (κ2) is 15.4. The Morgan fingerprint density at radius 3 is 1.18 bits per heavy atom. The molecule has 0 bridgehead atoms. The van der Waals surface area contributed by atoms with Gasteiger partial charge in [-0.05, 0) is 64.8 Å². The molecule has 0 heterocycles. The number of benzene rings is 2. The maximum absolute atomic E-state index is 13.4. The summed E-state index contributed by atoms with van der Waals surface area (Å²) in [5.41, 5.74) is 3.04. The van der Waals surface area contributed by atoms with Crippen LogP contribution in [0, 0.1) is 0 Å². The molecule has 0 N–H and O–H groups in total. The zero-order valence-corrected chi connectivity index (χ0v) is 26.6. The lowest BCUT2D eigenvalue weighted by molar-refractivity contribution is 0.217. The van der Waals surface area contributed by atoms with Crippen LogP contribution in [0.3, 0.4) is 0 Å². The van der Waals surface area contributed by atoms with Crippen molar-refractivity contribution in [2.45, 2.75) is 73.1 Å². The van der Waals surface area contributed by atoms with Crippen LogP contribution in [0.1, 0.15) is 77.6 Å². The van der Waals surface area contributed by atoms with Gasteiger partial charge in [0.05, 0.1) is 52.0 Å². The van der Waals surface area contributed by atoms with Crippen LogP contribution in [-0.4, -0.2) is 39.6 Å². The van der Waals surface area contributed by atoms with Gasteiger partial charge in [0.1, 0.15) is 11.5 Å². The average molecular weight is 585 g/mol. The van der Waals surface area contributed by atoms with Gasteiger partial charge in [-0.3, -0.25) is 9.13 Å². The van der Waals surface area contributed by atoms with Gasteiger partial charge in [-0.2, -0.15) is 0 Å². The van der Waals surface area contributed by atoms with Crippen LogP contribution in [0.25, 0.3) is 0 Å². The van der Waals surface area contributed by atoms with E-state index < -0.39 is 20.6 Å². The molecule has 0 spiro atoms. The van der Waals surface area contributed by atoms with E-state index >= 15 is 0 Å². The maximum Gasteiger partial charge on any atom is 0.335 e. The van der Waals surface area contributed by atoms with Crippen molar-refractivity contribution in [3.63, 3.8) is 0 Å². The second-order valence-electron chi connectivity index (χ2n) is 9.35. The quantitative estimate of drug-likeness (QED) is 0.162. The fraction of sp³-hybridized carbons (Fsp3) is 0.586. The summed E-state index contributed by atoms with van der Waals surface area (Å²) >= 11 is 0. The summed E-state index contributed by atoms with van der Waals surface area (Å²) in [6.07, 6.45) is 0.211. The highest BCUT2D eigenvalue weighted by atomic mass is 31.2. The normalized spacial score (nSPS) is 12.5. The molecule has 0 unspecified atom stereocenters. The Labute approximate surface area is 234 Å². The Morgan fingerprint density at radius 2 is 0.897 bits per heavy atom. The van der Waals surface area contributed by atoms with Crippen molar-refractivity contribution in [3.05, 3.63) is 58.7 Å². The van der Waals surface area contributed by atoms with E-state index in [1.165, 1.54) is 0 Å². The molecular formula is C29H46O8P2. The topological polar surface area (TPSA) is 89.5 Å². The van der Waals surface area contributed by atoms with Crippen LogP contribution in [0.4, 0.5) is 0 Å². The molecule has 0 amide bonds. The van der Waals surface area contributed by atoms with E-state index in [9.17, 15) is 9.13 Å². The van der Waals surface area contributed by atoms with Crippen LogP contribution in [0.15, 0.2) is 36.4 Å². The first-order valence-corrected chi connectivity index (χ1v) is 17.2. The molecule has 0 radical (unpaired) electrons. The number of hydrogen-bond acceptors (Lipinski definition) is 8. The van der Waals surface area contributed by atoms with E-state index in [0.717, 1.165) is 22.3 Å². The van der Waals surface area contributed by atoms with E-state index in [2.05, 4.69) is 13.8 Å². The maximum atomic E-state index is 13.4. The monoisotopic (exact) mass is 584 g/mol. The molecule has 2 rings (SSSR count). The average Bonchev–Trinajstić information content (AvgIpc) is 2.86. The van der Waals surface area contributed by atoms with Crippen molar-refractivity contribution in [3.8, 4) is 11.5 Å². The summed E-state index contributed by atoms with van der Waals surface area (Å²) < 4.78 is 60.8. The van der Waals surface area contributed by atoms with Crippen molar-refractivity contribution in [2.75, 3.05) is 39.6 Å². The number of hydrogen-bond donors (Lipinski definition) is 0. The Balaban J connectivity index is 2.58. The molecule has 2 aromatic rings. The highest BCUT2D eigenvalue weighted by molar-refractivity contribution is 7.53. The fourth-order valence-electron chi connectivity index (χ4n) is 4.40. The Hall–Kier alpha value is -1.66. The summed E-state index contributed by atoms with van der Waals surface area (Å²) in [5, 5.41) is 0. The van der Waals surface area contributed by atoms with E-state index in [1.54, 1.807) is 27.7 Å². The van der Waals surface area contributed by atoms with Gasteiger partial charge in [-0.25, -0.2) is 0 Å². The van der Waals surface area contributed by atoms with Crippen LogP contribution in [0.5, 0.6) is 11.5 Å². The van der Waals surface area contributed by atoms with Gasteiger partial charge in [0.15, 0.2) is 0 Å². The Morgan fingerprint density at radius 1 is 0.564 bits per heavy atom. The molecule has 0 saturated heterocycles. The van der Waals surface area contributed by atoms with Gasteiger partial charge >= 0.3 is 15.2 Å².